The summed E-state index contributed by atoms with van der Waals surface area (Å²) in [7, 11) is 0. The second kappa shape index (κ2) is 3.44. The van der Waals surface area contributed by atoms with Crippen molar-refractivity contribution in [2.45, 2.75) is 44.2 Å². The molecule has 2 saturated heterocycles. The summed E-state index contributed by atoms with van der Waals surface area (Å²) >= 11 is 0. The molecule has 2 rings (SSSR count). The van der Waals surface area contributed by atoms with Gasteiger partial charge in [0.05, 0.1) is 6.04 Å². The molecule has 0 radical (unpaired) electrons. The van der Waals surface area contributed by atoms with E-state index in [-0.39, 0.29) is 11.9 Å². The van der Waals surface area contributed by atoms with Gasteiger partial charge in [-0.2, -0.15) is 0 Å². The number of hydrogen-bond acceptors (Lipinski definition) is 2. The van der Waals surface area contributed by atoms with Crippen molar-refractivity contribution in [2.75, 3.05) is 6.54 Å². The Bertz CT molecular complexity index is 181. The predicted octanol–water partition coefficient (Wildman–Crippen LogP) is 0.407. The Hall–Kier alpha value is -0.570. The van der Waals surface area contributed by atoms with Crippen LogP contribution in [0.1, 0.15) is 32.1 Å². The minimum Gasteiger partial charge on any atom is -0.353 e. The molecule has 2 heterocycles. The highest BCUT2D eigenvalue weighted by molar-refractivity contribution is 5.82. The molecule has 2 aliphatic heterocycles. The molecule has 2 fully saturated rings. The number of rotatable bonds is 0. The van der Waals surface area contributed by atoms with E-state index in [0.717, 1.165) is 13.0 Å². The Labute approximate surface area is 72.9 Å². The van der Waals surface area contributed by atoms with Gasteiger partial charge in [-0.25, -0.2) is 0 Å². The van der Waals surface area contributed by atoms with Crippen molar-refractivity contribution in [1.82, 2.24) is 10.6 Å². The standard InChI is InChI=1S/C9H16N2O/c12-9-8-5-3-1-2-4-7(11-8)6-10-9/h7-8,11H,1-6H2,(H,10,12). The summed E-state index contributed by atoms with van der Waals surface area (Å²) in [5.74, 6) is 0.202. The lowest BCUT2D eigenvalue weighted by Crippen LogP contribution is -2.58. The number of carbonyl (C=O) groups is 1. The van der Waals surface area contributed by atoms with Crippen LogP contribution in [-0.2, 0) is 4.79 Å². The van der Waals surface area contributed by atoms with Crippen LogP contribution in [0.4, 0.5) is 0 Å². The number of piperazine rings is 1. The molecule has 0 saturated carbocycles. The van der Waals surface area contributed by atoms with Gasteiger partial charge in [0, 0.05) is 12.6 Å². The topological polar surface area (TPSA) is 41.1 Å². The maximum Gasteiger partial charge on any atom is 0.237 e. The van der Waals surface area contributed by atoms with Gasteiger partial charge in [0.2, 0.25) is 5.91 Å². The molecule has 3 heteroatoms. The molecule has 2 bridgehead atoms. The van der Waals surface area contributed by atoms with E-state index in [9.17, 15) is 4.79 Å². The van der Waals surface area contributed by atoms with Gasteiger partial charge < -0.3 is 10.6 Å². The van der Waals surface area contributed by atoms with Crippen LogP contribution in [0.2, 0.25) is 0 Å². The van der Waals surface area contributed by atoms with Crippen LogP contribution in [0.5, 0.6) is 0 Å². The highest BCUT2D eigenvalue weighted by atomic mass is 16.2. The third-order valence-electron chi connectivity index (χ3n) is 2.82. The van der Waals surface area contributed by atoms with Gasteiger partial charge in [0.15, 0.2) is 0 Å². The Morgan fingerprint density at radius 3 is 2.92 bits per heavy atom. The maximum absolute atomic E-state index is 11.3. The third-order valence-corrected chi connectivity index (χ3v) is 2.82. The molecule has 2 N–H and O–H groups in total. The average molecular weight is 168 g/mol. The van der Waals surface area contributed by atoms with Crippen molar-refractivity contribution in [1.29, 1.82) is 0 Å². The van der Waals surface area contributed by atoms with Gasteiger partial charge >= 0.3 is 0 Å². The molecule has 2 unspecified atom stereocenters. The summed E-state index contributed by atoms with van der Waals surface area (Å²) in [5, 5.41) is 6.34. The van der Waals surface area contributed by atoms with Crippen LogP contribution in [0.25, 0.3) is 0 Å². The van der Waals surface area contributed by atoms with Crippen molar-refractivity contribution in [2.24, 2.45) is 0 Å². The minimum atomic E-state index is 0.101. The van der Waals surface area contributed by atoms with Gasteiger partial charge in [0.1, 0.15) is 0 Å². The molecule has 2 aliphatic rings. The Kier molecular flexibility index (Phi) is 2.30. The molecule has 0 aliphatic carbocycles. The summed E-state index contributed by atoms with van der Waals surface area (Å²) in [6, 6.07) is 0.636. The quantitative estimate of drug-likeness (QED) is 0.550. The van der Waals surface area contributed by atoms with Crippen molar-refractivity contribution < 1.29 is 4.79 Å². The second-order valence-electron chi connectivity index (χ2n) is 3.80. The average Bonchev–Trinajstić information content (AvgIpc) is 2.03. The molecular formula is C9H16N2O. The van der Waals surface area contributed by atoms with E-state index in [0.29, 0.717) is 6.04 Å². The first kappa shape index (κ1) is 8.05. The van der Waals surface area contributed by atoms with Gasteiger partial charge in [-0.1, -0.05) is 19.3 Å². The van der Waals surface area contributed by atoms with E-state index in [1.165, 1.54) is 25.7 Å². The first-order valence-corrected chi connectivity index (χ1v) is 4.90. The first-order chi connectivity index (χ1) is 5.86. The molecular weight excluding hydrogens is 152 g/mol. The number of carbonyl (C=O) groups excluding carboxylic acids is 1. The zero-order valence-electron chi connectivity index (χ0n) is 7.31. The van der Waals surface area contributed by atoms with E-state index in [1.807, 2.05) is 0 Å². The summed E-state index contributed by atoms with van der Waals surface area (Å²) in [4.78, 5) is 11.3. The van der Waals surface area contributed by atoms with Crippen LogP contribution in [0, 0.1) is 0 Å². The molecule has 12 heavy (non-hydrogen) atoms. The number of fused-ring (bicyclic) bond motifs is 2. The van der Waals surface area contributed by atoms with Crippen LogP contribution in [0.3, 0.4) is 0 Å². The molecule has 0 aromatic heterocycles. The van der Waals surface area contributed by atoms with E-state index in [4.69, 9.17) is 0 Å². The van der Waals surface area contributed by atoms with E-state index >= 15 is 0 Å². The van der Waals surface area contributed by atoms with Crippen LogP contribution >= 0.6 is 0 Å². The van der Waals surface area contributed by atoms with Gasteiger partial charge in [-0.3, -0.25) is 4.79 Å². The summed E-state index contributed by atoms with van der Waals surface area (Å²) in [5.41, 5.74) is 0. The number of hydrogen-bond donors (Lipinski definition) is 2. The normalized spacial score (nSPS) is 36.5. The van der Waals surface area contributed by atoms with Crippen molar-refractivity contribution in [3.05, 3.63) is 0 Å². The van der Waals surface area contributed by atoms with E-state index < -0.39 is 0 Å². The van der Waals surface area contributed by atoms with Crippen molar-refractivity contribution in [3.63, 3.8) is 0 Å². The van der Waals surface area contributed by atoms with Crippen LogP contribution < -0.4 is 10.6 Å². The Balaban J connectivity index is 2.00. The summed E-state index contributed by atoms with van der Waals surface area (Å²) in [6.45, 7) is 0.829. The van der Waals surface area contributed by atoms with Crippen LogP contribution in [-0.4, -0.2) is 24.5 Å². The Morgan fingerprint density at radius 1 is 1.17 bits per heavy atom. The fourth-order valence-corrected chi connectivity index (χ4v) is 2.08. The molecule has 0 spiro atoms. The zero-order valence-corrected chi connectivity index (χ0v) is 7.31. The van der Waals surface area contributed by atoms with Gasteiger partial charge in [-0.05, 0) is 12.8 Å². The van der Waals surface area contributed by atoms with Crippen molar-refractivity contribution in [3.8, 4) is 0 Å². The third kappa shape index (κ3) is 1.61. The number of amides is 1. The fourth-order valence-electron chi connectivity index (χ4n) is 2.08. The van der Waals surface area contributed by atoms with Crippen molar-refractivity contribution >= 4 is 5.91 Å². The largest absolute Gasteiger partial charge is 0.353 e. The van der Waals surface area contributed by atoms with E-state index in [1.54, 1.807) is 0 Å². The first-order valence-electron chi connectivity index (χ1n) is 4.90. The molecule has 1 amide bonds. The van der Waals surface area contributed by atoms with Gasteiger partial charge in [0.25, 0.3) is 0 Å². The molecule has 0 aromatic carbocycles. The lowest BCUT2D eigenvalue weighted by molar-refractivity contribution is -0.125. The number of nitrogens with one attached hydrogen (secondary N) is 2. The predicted molar refractivity (Wildman–Crippen MR) is 46.8 cm³/mol. The molecule has 3 nitrogen and oxygen atoms in total. The van der Waals surface area contributed by atoms with Gasteiger partial charge in [-0.15, -0.1) is 0 Å². The smallest absolute Gasteiger partial charge is 0.237 e. The Morgan fingerprint density at radius 2 is 2.00 bits per heavy atom. The van der Waals surface area contributed by atoms with E-state index in [2.05, 4.69) is 10.6 Å². The lowest BCUT2D eigenvalue weighted by Gasteiger charge is -2.32. The fraction of sp³-hybridized carbons (Fsp3) is 0.889. The minimum absolute atomic E-state index is 0.101. The molecule has 2 atom stereocenters. The highest BCUT2D eigenvalue weighted by Crippen LogP contribution is 2.15. The molecule has 0 aromatic rings. The summed E-state index contributed by atoms with van der Waals surface area (Å²) < 4.78 is 0. The SMILES string of the molecule is O=C1NCC2CCCCCC1N2. The zero-order chi connectivity index (χ0) is 8.39. The summed E-state index contributed by atoms with van der Waals surface area (Å²) in [6.07, 6.45) is 6.03. The van der Waals surface area contributed by atoms with Crippen LogP contribution in [0.15, 0.2) is 0 Å². The maximum atomic E-state index is 11.3. The lowest BCUT2D eigenvalue weighted by atomic mass is 9.96. The second-order valence-corrected chi connectivity index (χ2v) is 3.80. The monoisotopic (exact) mass is 168 g/mol. The highest BCUT2D eigenvalue weighted by Gasteiger charge is 2.27. The molecule has 68 valence electrons.